The molecule has 0 amide bonds. The van der Waals surface area contributed by atoms with E-state index >= 15 is 0 Å². The third-order valence-corrected chi connectivity index (χ3v) is 6.02. The fourth-order valence-corrected chi connectivity index (χ4v) is 4.25. The number of aliphatic hydroxyl groups excluding tert-OH is 1. The zero-order valence-electron chi connectivity index (χ0n) is 17.9. The Balaban J connectivity index is 1.58. The van der Waals surface area contributed by atoms with Gasteiger partial charge in [-0.2, -0.15) is 0 Å². The molecule has 0 bridgehead atoms. The molecule has 0 radical (unpaired) electrons. The molecule has 4 rings (SSSR count). The number of hydrogen-bond acceptors (Lipinski definition) is 6. The number of quaternary nitrogens is 1. The Labute approximate surface area is 182 Å². The lowest BCUT2D eigenvalue weighted by atomic mass is 9.99. The van der Waals surface area contributed by atoms with E-state index in [1.54, 1.807) is 26.2 Å². The summed E-state index contributed by atoms with van der Waals surface area (Å²) in [5.74, 6) is 1.12. The number of benzene rings is 2. The van der Waals surface area contributed by atoms with Crippen LogP contribution in [0.5, 0.6) is 17.2 Å². The smallest absolute Gasteiger partial charge is 0.232 e. The van der Waals surface area contributed by atoms with Crippen LogP contribution in [0.25, 0.3) is 6.08 Å². The summed E-state index contributed by atoms with van der Waals surface area (Å²) in [6.45, 7) is 6.65. The summed E-state index contributed by atoms with van der Waals surface area (Å²) in [5.41, 5.74) is 2.53. The molecule has 2 N–H and O–H groups in total. The Morgan fingerprint density at radius 1 is 1.26 bits per heavy atom. The number of ketones is 1. The van der Waals surface area contributed by atoms with E-state index in [-0.39, 0.29) is 23.9 Å². The van der Waals surface area contributed by atoms with Gasteiger partial charge in [-0.15, -0.1) is 0 Å². The van der Waals surface area contributed by atoms with Crippen LogP contribution in [0.15, 0.2) is 36.1 Å². The van der Waals surface area contributed by atoms with E-state index in [2.05, 4.69) is 4.90 Å². The van der Waals surface area contributed by atoms with Crippen LogP contribution in [-0.2, 0) is 6.54 Å². The van der Waals surface area contributed by atoms with Gasteiger partial charge in [0, 0.05) is 25.2 Å². The highest BCUT2D eigenvalue weighted by atomic mass is 16.5. The molecule has 31 heavy (non-hydrogen) atoms. The van der Waals surface area contributed by atoms with Crippen molar-refractivity contribution in [3.63, 3.8) is 0 Å². The second-order valence-corrected chi connectivity index (χ2v) is 8.08. The number of nitrogens with one attached hydrogen (secondary N) is 1. The molecule has 0 atom stereocenters. The minimum Gasteiger partial charge on any atom is -0.872 e. The van der Waals surface area contributed by atoms with Gasteiger partial charge in [0.05, 0.1) is 32.4 Å². The summed E-state index contributed by atoms with van der Waals surface area (Å²) >= 11 is 0. The molecule has 0 aliphatic carbocycles. The summed E-state index contributed by atoms with van der Waals surface area (Å²) in [4.78, 5) is 16.6. The molecule has 2 aliphatic rings. The fraction of sp³-hybridized carbons (Fsp3) is 0.375. The lowest BCUT2D eigenvalue weighted by Crippen LogP contribution is -3.13. The van der Waals surface area contributed by atoms with Gasteiger partial charge in [-0.1, -0.05) is 23.9 Å². The number of carbonyl (C=O) groups excluding carboxylic acids is 1. The SMILES string of the molecule is COc1ccc(/C=C2\Oc3c(C[NH+]4CCN(CCO)CC4)c([O-])cc(C)c3C2=O)cc1. The number of rotatable bonds is 6. The number of Topliss-reactive ketones (excluding diaryl/α,β-unsaturated/α-hetero) is 1. The van der Waals surface area contributed by atoms with Crippen LogP contribution in [0.4, 0.5) is 0 Å². The number of aryl methyl sites for hydroxylation is 1. The predicted molar refractivity (Wildman–Crippen MR) is 114 cm³/mol. The first-order chi connectivity index (χ1) is 15.0. The van der Waals surface area contributed by atoms with Gasteiger partial charge in [0.1, 0.15) is 18.0 Å². The second-order valence-electron chi connectivity index (χ2n) is 8.08. The van der Waals surface area contributed by atoms with E-state index in [0.29, 0.717) is 35.5 Å². The third-order valence-electron chi connectivity index (χ3n) is 6.02. The number of methoxy groups -OCH3 is 1. The fourth-order valence-electron chi connectivity index (χ4n) is 4.25. The van der Waals surface area contributed by atoms with Crippen LogP contribution in [-0.4, -0.2) is 62.2 Å². The lowest BCUT2D eigenvalue weighted by molar-refractivity contribution is -0.918. The number of hydrogen-bond donors (Lipinski definition) is 2. The highest BCUT2D eigenvalue weighted by Crippen LogP contribution is 2.40. The molecule has 7 nitrogen and oxygen atoms in total. The summed E-state index contributed by atoms with van der Waals surface area (Å²) in [5, 5.41) is 21.9. The Kier molecular flexibility index (Phi) is 6.27. The number of ether oxygens (including phenoxy) is 2. The van der Waals surface area contributed by atoms with Gasteiger partial charge < -0.3 is 24.6 Å². The minimum atomic E-state index is -0.188. The van der Waals surface area contributed by atoms with E-state index < -0.39 is 0 Å². The predicted octanol–water partition coefficient (Wildman–Crippen LogP) is 0.386. The van der Waals surface area contributed by atoms with E-state index in [1.165, 1.54) is 4.90 Å². The summed E-state index contributed by atoms with van der Waals surface area (Å²) in [6, 6.07) is 8.91. The van der Waals surface area contributed by atoms with Gasteiger partial charge in [0.25, 0.3) is 0 Å². The maximum absolute atomic E-state index is 13.1. The van der Waals surface area contributed by atoms with Crippen molar-refractivity contribution in [1.29, 1.82) is 0 Å². The normalized spacial score (nSPS) is 18.3. The molecular formula is C24H28N2O5. The van der Waals surface area contributed by atoms with Crippen LogP contribution in [0.2, 0.25) is 0 Å². The van der Waals surface area contributed by atoms with Crippen molar-refractivity contribution in [3.8, 4) is 17.2 Å². The maximum Gasteiger partial charge on any atom is 0.232 e. The number of carbonyl (C=O) groups is 1. The number of β-amino-alcohol motifs (C(OH)–C–C–N with tert-alkyl or cyclic N) is 1. The average Bonchev–Trinajstić information content (AvgIpc) is 3.09. The largest absolute Gasteiger partial charge is 0.872 e. The van der Waals surface area contributed by atoms with Gasteiger partial charge in [-0.3, -0.25) is 9.69 Å². The van der Waals surface area contributed by atoms with Crippen molar-refractivity contribution in [2.24, 2.45) is 0 Å². The zero-order chi connectivity index (χ0) is 22.0. The summed E-state index contributed by atoms with van der Waals surface area (Å²) in [7, 11) is 1.60. The molecule has 2 aliphatic heterocycles. The summed E-state index contributed by atoms with van der Waals surface area (Å²) in [6.07, 6.45) is 1.70. The first kappa shape index (κ1) is 21.4. The number of nitrogens with zero attached hydrogens (tertiary/aromatic N) is 1. The van der Waals surface area contributed by atoms with Gasteiger partial charge in [0.15, 0.2) is 5.76 Å². The molecule has 164 valence electrons. The Bertz CT molecular complexity index is 992. The highest BCUT2D eigenvalue weighted by molar-refractivity contribution is 6.15. The van der Waals surface area contributed by atoms with Crippen molar-refractivity contribution in [2.75, 3.05) is 46.4 Å². The Hall–Kier alpha value is -2.87. The van der Waals surface area contributed by atoms with Crippen molar-refractivity contribution in [2.45, 2.75) is 13.5 Å². The molecule has 0 spiro atoms. The molecule has 0 aromatic heterocycles. The quantitative estimate of drug-likeness (QED) is 0.653. The molecule has 2 aromatic rings. The molecule has 0 unspecified atom stereocenters. The number of allylic oxidation sites excluding steroid dienone is 1. The first-order valence-corrected chi connectivity index (χ1v) is 10.6. The van der Waals surface area contributed by atoms with E-state index in [0.717, 1.165) is 37.5 Å². The van der Waals surface area contributed by atoms with Gasteiger partial charge >= 0.3 is 0 Å². The molecule has 2 aromatic carbocycles. The molecular weight excluding hydrogens is 396 g/mol. The van der Waals surface area contributed by atoms with Crippen LogP contribution in [0.1, 0.15) is 27.0 Å². The van der Waals surface area contributed by atoms with Crippen LogP contribution < -0.4 is 19.5 Å². The monoisotopic (exact) mass is 424 g/mol. The Morgan fingerprint density at radius 3 is 2.61 bits per heavy atom. The van der Waals surface area contributed by atoms with Crippen molar-refractivity contribution in [1.82, 2.24) is 4.90 Å². The van der Waals surface area contributed by atoms with Crippen molar-refractivity contribution >= 4 is 11.9 Å². The third kappa shape index (κ3) is 4.44. The van der Waals surface area contributed by atoms with E-state index in [4.69, 9.17) is 14.6 Å². The number of fused-ring (bicyclic) bond motifs is 1. The summed E-state index contributed by atoms with van der Waals surface area (Å²) < 4.78 is 11.2. The number of aliphatic hydroxyl groups is 1. The minimum absolute atomic E-state index is 0.0833. The van der Waals surface area contributed by atoms with E-state index in [9.17, 15) is 9.90 Å². The maximum atomic E-state index is 13.1. The Morgan fingerprint density at radius 2 is 1.97 bits per heavy atom. The second kappa shape index (κ2) is 9.09. The van der Waals surface area contributed by atoms with Crippen molar-refractivity contribution < 1.29 is 29.4 Å². The van der Waals surface area contributed by atoms with Gasteiger partial charge in [-0.25, -0.2) is 0 Å². The lowest BCUT2D eigenvalue weighted by Gasteiger charge is -2.32. The van der Waals surface area contributed by atoms with Crippen LogP contribution >= 0.6 is 0 Å². The molecule has 7 heteroatoms. The van der Waals surface area contributed by atoms with Gasteiger partial charge in [-0.05, 0) is 36.3 Å². The van der Waals surface area contributed by atoms with Crippen molar-refractivity contribution in [3.05, 3.63) is 58.3 Å². The molecule has 2 heterocycles. The van der Waals surface area contributed by atoms with Crippen LogP contribution in [0, 0.1) is 6.92 Å². The molecule has 0 saturated carbocycles. The average molecular weight is 424 g/mol. The molecule has 1 saturated heterocycles. The highest BCUT2D eigenvalue weighted by Gasteiger charge is 2.33. The topological polar surface area (TPSA) is 86.5 Å². The first-order valence-electron chi connectivity index (χ1n) is 10.6. The number of piperazine rings is 1. The molecule has 1 fully saturated rings. The zero-order valence-corrected chi connectivity index (χ0v) is 17.9. The standard InChI is InChI=1S/C24H28N2O5/c1-16-13-20(28)19(15-26-9-7-25(8-10-26)11-12-27)24-22(16)23(29)21(31-24)14-17-3-5-18(30-2)6-4-17/h3-6,13-14,27-28H,7-12,15H2,1-2H3/b21-14-. The van der Waals surface area contributed by atoms with E-state index in [1.807, 2.05) is 24.3 Å². The van der Waals surface area contributed by atoms with Gasteiger partial charge in [0.2, 0.25) is 5.78 Å². The van der Waals surface area contributed by atoms with Crippen LogP contribution in [0.3, 0.4) is 0 Å².